The van der Waals surface area contributed by atoms with Gasteiger partial charge in [0, 0.05) is 0 Å². The Balaban J connectivity index is 3.09. The molecule has 0 aromatic heterocycles. The molecule has 0 amide bonds. The van der Waals surface area contributed by atoms with E-state index < -0.39 is 0 Å². The topological polar surface area (TPSA) is 3.24 Å². The maximum Gasteiger partial charge on any atom is -0.00194 e. The van der Waals surface area contributed by atoms with E-state index in [1.807, 2.05) is 0 Å². The van der Waals surface area contributed by atoms with Gasteiger partial charge < -0.3 is 4.90 Å². The van der Waals surface area contributed by atoms with Gasteiger partial charge in [-0.1, -0.05) is 78.6 Å². The van der Waals surface area contributed by atoms with Gasteiger partial charge in [-0.15, -0.1) is 0 Å². The van der Waals surface area contributed by atoms with Crippen molar-refractivity contribution in [2.24, 2.45) is 5.92 Å². The summed E-state index contributed by atoms with van der Waals surface area (Å²) >= 11 is 0. The van der Waals surface area contributed by atoms with Crippen LogP contribution in [0.5, 0.6) is 0 Å². The summed E-state index contributed by atoms with van der Waals surface area (Å²) < 4.78 is 0. The molecule has 0 spiro atoms. The summed E-state index contributed by atoms with van der Waals surface area (Å²) in [6, 6.07) is 0. The van der Waals surface area contributed by atoms with Crippen LogP contribution in [0.3, 0.4) is 0 Å². The Bertz CT molecular complexity index is 165. The molecule has 116 valence electrons. The molecular weight excluding hydrogens is 230 g/mol. The molecule has 0 saturated carbocycles. The molecular formula is C18H39N. The lowest BCUT2D eigenvalue weighted by Gasteiger charge is -2.17. The zero-order valence-corrected chi connectivity index (χ0v) is 14.2. The van der Waals surface area contributed by atoms with E-state index >= 15 is 0 Å². The maximum atomic E-state index is 2.50. The molecule has 0 fully saturated rings. The second kappa shape index (κ2) is 14.4. The Morgan fingerprint density at radius 3 is 1.63 bits per heavy atom. The molecule has 0 rings (SSSR count). The van der Waals surface area contributed by atoms with Gasteiger partial charge in [0.2, 0.25) is 0 Å². The average molecular weight is 270 g/mol. The lowest BCUT2D eigenvalue weighted by atomic mass is 10.1. The first kappa shape index (κ1) is 19.0. The van der Waals surface area contributed by atoms with E-state index in [4.69, 9.17) is 0 Å². The van der Waals surface area contributed by atoms with E-state index in [0.29, 0.717) is 0 Å². The standard InChI is InChI=1S/C18H39N/c1-5-6-7-8-9-10-11-12-13-14-16-19(4)17-15-18(2)3/h18H,5-17H2,1-4H3. The van der Waals surface area contributed by atoms with Crippen LogP contribution < -0.4 is 0 Å². The Labute approximate surface area is 123 Å². The molecule has 0 heterocycles. The van der Waals surface area contributed by atoms with Crippen LogP contribution in [0, 0.1) is 5.92 Å². The number of nitrogens with zero attached hydrogens (tertiary/aromatic N) is 1. The van der Waals surface area contributed by atoms with Crippen LogP contribution in [0.25, 0.3) is 0 Å². The van der Waals surface area contributed by atoms with Crippen molar-refractivity contribution in [1.82, 2.24) is 4.90 Å². The fraction of sp³-hybridized carbons (Fsp3) is 1.00. The summed E-state index contributed by atoms with van der Waals surface area (Å²) in [4.78, 5) is 2.50. The van der Waals surface area contributed by atoms with E-state index in [2.05, 4.69) is 32.7 Å². The SMILES string of the molecule is CCCCCCCCCCCCN(C)CCC(C)C. The zero-order valence-electron chi connectivity index (χ0n) is 14.2. The van der Waals surface area contributed by atoms with Crippen molar-refractivity contribution in [2.45, 2.75) is 91.4 Å². The monoisotopic (exact) mass is 269 g/mol. The van der Waals surface area contributed by atoms with Crippen LogP contribution in [-0.2, 0) is 0 Å². The molecule has 1 heteroatoms. The van der Waals surface area contributed by atoms with Crippen molar-refractivity contribution in [1.29, 1.82) is 0 Å². The Morgan fingerprint density at radius 2 is 1.16 bits per heavy atom. The molecule has 0 bridgehead atoms. The van der Waals surface area contributed by atoms with Gasteiger partial charge in [-0.25, -0.2) is 0 Å². The van der Waals surface area contributed by atoms with Gasteiger partial charge in [0.1, 0.15) is 0 Å². The third-order valence-corrected chi connectivity index (χ3v) is 3.98. The van der Waals surface area contributed by atoms with Crippen LogP contribution >= 0.6 is 0 Å². The molecule has 19 heavy (non-hydrogen) atoms. The molecule has 0 aliphatic rings. The van der Waals surface area contributed by atoms with Gasteiger partial charge in [-0.05, 0) is 38.9 Å². The third kappa shape index (κ3) is 15.9. The van der Waals surface area contributed by atoms with Crippen molar-refractivity contribution in [3.05, 3.63) is 0 Å². The molecule has 0 saturated heterocycles. The number of hydrogen-bond donors (Lipinski definition) is 0. The van der Waals surface area contributed by atoms with Crippen LogP contribution in [0.15, 0.2) is 0 Å². The van der Waals surface area contributed by atoms with Gasteiger partial charge in [-0.2, -0.15) is 0 Å². The minimum Gasteiger partial charge on any atom is -0.306 e. The molecule has 0 aliphatic carbocycles. The van der Waals surface area contributed by atoms with Crippen LogP contribution in [0.2, 0.25) is 0 Å². The molecule has 0 radical (unpaired) electrons. The predicted molar refractivity (Wildman–Crippen MR) is 88.8 cm³/mol. The highest BCUT2D eigenvalue weighted by atomic mass is 15.1. The van der Waals surface area contributed by atoms with Gasteiger partial charge in [0.05, 0.1) is 0 Å². The molecule has 1 nitrogen and oxygen atoms in total. The van der Waals surface area contributed by atoms with Gasteiger partial charge in [-0.3, -0.25) is 0 Å². The van der Waals surface area contributed by atoms with Crippen molar-refractivity contribution in [3.63, 3.8) is 0 Å². The summed E-state index contributed by atoms with van der Waals surface area (Å²) in [7, 11) is 2.27. The Kier molecular flexibility index (Phi) is 14.3. The van der Waals surface area contributed by atoms with Crippen molar-refractivity contribution >= 4 is 0 Å². The third-order valence-electron chi connectivity index (χ3n) is 3.98. The highest BCUT2D eigenvalue weighted by molar-refractivity contribution is 4.55. The quantitative estimate of drug-likeness (QED) is 0.356. The summed E-state index contributed by atoms with van der Waals surface area (Å²) in [6.45, 7) is 9.49. The van der Waals surface area contributed by atoms with Crippen molar-refractivity contribution < 1.29 is 0 Å². The Morgan fingerprint density at radius 1 is 0.684 bits per heavy atom. The van der Waals surface area contributed by atoms with Gasteiger partial charge >= 0.3 is 0 Å². The molecule has 0 aliphatic heterocycles. The molecule has 0 aromatic rings. The number of unbranched alkanes of at least 4 members (excludes halogenated alkanes) is 9. The smallest absolute Gasteiger partial charge is 0.00194 e. The Hall–Kier alpha value is -0.0400. The van der Waals surface area contributed by atoms with Gasteiger partial charge in [0.25, 0.3) is 0 Å². The maximum absolute atomic E-state index is 2.50. The molecule has 0 aromatic carbocycles. The molecule has 0 unspecified atom stereocenters. The molecule has 0 N–H and O–H groups in total. The summed E-state index contributed by atoms with van der Waals surface area (Å²) in [5.41, 5.74) is 0. The first-order chi connectivity index (χ1) is 9.16. The summed E-state index contributed by atoms with van der Waals surface area (Å²) in [6.07, 6.45) is 15.7. The zero-order chi connectivity index (χ0) is 14.3. The highest BCUT2D eigenvalue weighted by Gasteiger charge is 2.00. The van der Waals surface area contributed by atoms with Crippen LogP contribution in [-0.4, -0.2) is 25.0 Å². The average Bonchev–Trinajstić information content (AvgIpc) is 2.38. The van der Waals surface area contributed by atoms with E-state index in [1.54, 1.807) is 0 Å². The second-order valence-corrected chi connectivity index (χ2v) is 6.67. The second-order valence-electron chi connectivity index (χ2n) is 6.67. The first-order valence-corrected chi connectivity index (χ1v) is 8.85. The van der Waals surface area contributed by atoms with Crippen LogP contribution in [0.4, 0.5) is 0 Å². The van der Waals surface area contributed by atoms with Crippen molar-refractivity contribution in [2.75, 3.05) is 20.1 Å². The minimum atomic E-state index is 0.843. The summed E-state index contributed by atoms with van der Waals surface area (Å²) in [5.74, 6) is 0.843. The normalized spacial score (nSPS) is 11.7. The van der Waals surface area contributed by atoms with E-state index in [-0.39, 0.29) is 0 Å². The van der Waals surface area contributed by atoms with E-state index in [0.717, 1.165) is 5.92 Å². The largest absolute Gasteiger partial charge is 0.306 e. The molecule has 0 atom stereocenters. The fourth-order valence-corrected chi connectivity index (χ4v) is 2.46. The first-order valence-electron chi connectivity index (χ1n) is 8.85. The lowest BCUT2D eigenvalue weighted by molar-refractivity contribution is 0.302. The van der Waals surface area contributed by atoms with Gasteiger partial charge in [0.15, 0.2) is 0 Å². The van der Waals surface area contributed by atoms with Crippen LogP contribution in [0.1, 0.15) is 91.4 Å². The van der Waals surface area contributed by atoms with E-state index in [9.17, 15) is 0 Å². The predicted octanol–water partition coefficient (Wildman–Crippen LogP) is 5.89. The summed E-state index contributed by atoms with van der Waals surface area (Å²) in [5, 5.41) is 0. The minimum absolute atomic E-state index is 0.843. The number of rotatable bonds is 14. The lowest BCUT2D eigenvalue weighted by Crippen LogP contribution is -2.21. The fourth-order valence-electron chi connectivity index (χ4n) is 2.46. The number of hydrogen-bond acceptors (Lipinski definition) is 1. The van der Waals surface area contributed by atoms with Crippen molar-refractivity contribution in [3.8, 4) is 0 Å². The highest BCUT2D eigenvalue weighted by Crippen LogP contribution is 2.10. The van der Waals surface area contributed by atoms with E-state index in [1.165, 1.54) is 83.7 Å².